The molecule has 8 heteroatoms. The molecule has 1 atom stereocenters. The molecule has 1 unspecified atom stereocenters. The molecule has 1 N–H and O–H groups in total. The Morgan fingerprint density at radius 2 is 1.78 bits per heavy atom. The lowest BCUT2D eigenvalue weighted by Crippen LogP contribution is -2.45. The van der Waals surface area contributed by atoms with Gasteiger partial charge in [0.15, 0.2) is 11.5 Å². The minimum Gasteiger partial charge on any atom is -0.491 e. The number of aromatic nitrogens is 4. The number of hydrogen-bond donors (Lipinski definition) is 1. The Morgan fingerprint density at radius 3 is 2.64 bits per heavy atom. The number of imidazole rings is 1. The topological polar surface area (TPSA) is 73.4 Å². The van der Waals surface area contributed by atoms with Crippen LogP contribution in [0, 0.1) is 0 Å². The number of benzene rings is 2. The number of fused-ring (bicyclic) bond motifs is 2. The molecule has 0 spiro atoms. The van der Waals surface area contributed by atoms with Gasteiger partial charge in [-0.2, -0.15) is 0 Å². The molecule has 0 bridgehead atoms. The fourth-order valence-electron chi connectivity index (χ4n) is 5.77. The average Bonchev–Trinajstić information content (AvgIpc) is 3.59. The molecule has 2 saturated heterocycles. The SMILES string of the molecule is CCCN1CCN(Cc2ccc(OCC3CCCN3c3ncnc4nc[nH]c34)c3ccccc23)CC1. The summed E-state index contributed by atoms with van der Waals surface area (Å²) in [6, 6.07) is 13.4. The second kappa shape index (κ2) is 10.4. The van der Waals surface area contributed by atoms with Crippen molar-refractivity contribution >= 4 is 27.8 Å². The van der Waals surface area contributed by atoms with Crippen LogP contribution >= 0.6 is 0 Å². The molecule has 2 aliphatic rings. The summed E-state index contributed by atoms with van der Waals surface area (Å²) in [6.07, 6.45) is 6.73. The average molecular weight is 486 g/mol. The van der Waals surface area contributed by atoms with Gasteiger partial charge in [-0.05, 0) is 42.8 Å². The van der Waals surface area contributed by atoms with Gasteiger partial charge in [0.05, 0.1) is 12.4 Å². The van der Waals surface area contributed by atoms with Crippen LogP contribution in [0.25, 0.3) is 21.9 Å². The van der Waals surface area contributed by atoms with Crippen molar-refractivity contribution in [2.45, 2.75) is 38.8 Å². The quantitative estimate of drug-likeness (QED) is 0.403. The van der Waals surface area contributed by atoms with Crippen LogP contribution in [0.3, 0.4) is 0 Å². The van der Waals surface area contributed by atoms with E-state index >= 15 is 0 Å². The summed E-state index contributed by atoms with van der Waals surface area (Å²) in [5, 5.41) is 2.49. The van der Waals surface area contributed by atoms with E-state index in [2.05, 4.69) is 78.0 Å². The van der Waals surface area contributed by atoms with Crippen LogP contribution in [0.15, 0.2) is 49.1 Å². The highest BCUT2D eigenvalue weighted by Crippen LogP contribution is 2.32. The fourth-order valence-corrected chi connectivity index (χ4v) is 5.77. The molecule has 0 amide bonds. The van der Waals surface area contributed by atoms with Crippen LogP contribution in [0.4, 0.5) is 5.82 Å². The molecule has 2 aliphatic heterocycles. The van der Waals surface area contributed by atoms with Gasteiger partial charge in [-0.15, -0.1) is 0 Å². The summed E-state index contributed by atoms with van der Waals surface area (Å²) >= 11 is 0. The van der Waals surface area contributed by atoms with Crippen LogP contribution in [0.2, 0.25) is 0 Å². The zero-order valence-corrected chi connectivity index (χ0v) is 21.1. The van der Waals surface area contributed by atoms with Crippen LogP contribution in [-0.4, -0.2) is 81.7 Å². The number of nitrogens with zero attached hydrogens (tertiary/aromatic N) is 6. The minimum absolute atomic E-state index is 0.268. The zero-order valence-electron chi connectivity index (χ0n) is 21.1. The van der Waals surface area contributed by atoms with E-state index in [0.717, 1.165) is 56.1 Å². The largest absolute Gasteiger partial charge is 0.491 e. The highest BCUT2D eigenvalue weighted by Gasteiger charge is 2.28. The van der Waals surface area contributed by atoms with E-state index in [4.69, 9.17) is 4.74 Å². The molecule has 4 aromatic rings. The van der Waals surface area contributed by atoms with E-state index in [1.165, 1.54) is 42.4 Å². The molecule has 36 heavy (non-hydrogen) atoms. The molecule has 2 aromatic heterocycles. The van der Waals surface area contributed by atoms with Crippen molar-refractivity contribution in [3.63, 3.8) is 0 Å². The van der Waals surface area contributed by atoms with E-state index in [-0.39, 0.29) is 6.04 Å². The highest BCUT2D eigenvalue weighted by molar-refractivity contribution is 5.91. The predicted octanol–water partition coefficient (Wildman–Crippen LogP) is 4.08. The van der Waals surface area contributed by atoms with Crippen LogP contribution in [0.5, 0.6) is 5.75 Å². The van der Waals surface area contributed by atoms with Crippen molar-refractivity contribution in [3.8, 4) is 5.75 Å². The third kappa shape index (κ3) is 4.63. The van der Waals surface area contributed by atoms with Gasteiger partial charge in [0.1, 0.15) is 24.2 Å². The van der Waals surface area contributed by atoms with Crippen molar-refractivity contribution in [3.05, 3.63) is 54.6 Å². The number of anilines is 1. The first-order valence-electron chi connectivity index (χ1n) is 13.3. The van der Waals surface area contributed by atoms with E-state index in [1.54, 1.807) is 12.7 Å². The number of piperazine rings is 1. The Kier molecular flexibility index (Phi) is 6.70. The maximum atomic E-state index is 6.50. The molecule has 188 valence electrons. The number of ether oxygens (including phenoxy) is 1. The lowest BCUT2D eigenvalue weighted by atomic mass is 10.0. The highest BCUT2D eigenvalue weighted by atomic mass is 16.5. The number of nitrogens with one attached hydrogen (secondary N) is 1. The zero-order chi connectivity index (χ0) is 24.3. The molecule has 2 fully saturated rings. The molecular weight excluding hydrogens is 450 g/mol. The van der Waals surface area contributed by atoms with E-state index in [0.29, 0.717) is 12.3 Å². The monoisotopic (exact) mass is 485 g/mol. The summed E-state index contributed by atoms with van der Waals surface area (Å²) in [5.74, 6) is 1.88. The van der Waals surface area contributed by atoms with Crippen LogP contribution in [-0.2, 0) is 6.54 Å². The Hall–Kier alpha value is -3.23. The number of aromatic amines is 1. The van der Waals surface area contributed by atoms with Crippen molar-refractivity contribution < 1.29 is 4.74 Å². The summed E-state index contributed by atoms with van der Waals surface area (Å²) in [5.41, 5.74) is 2.99. The van der Waals surface area contributed by atoms with Gasteiger partial charge in [-0.25, -0.2) is 15.0 Å². The summed E-state index contributed by atoms with van der Waals surface area (Å²) < 4.78 is 6.50. The Morgan fingerprint density at radius 1 is 0.944 bits per heavy atom. The third-order valence-electron chi connectivity index (χ3n) is 7.66. The molecule has 8 nitrogen and oxygen atoms in total. The standard InChI is InChI=1S/C28H35N7O/c1-2-11-33-13-15-34(16-14-33)17-21-9-10-25(24-8-4-3-7-23(21)24)36-18-22-6-5-12-35(22)28-26-27(30-19-29-26)31-20-32-28/h3-4,7-10,19-20,22H,2,5-6,11-18H2,1H3,(H,29,30,31,32). The van der Waals surface area contributed by atoms with Gasteiger partial charge in [0, 0.05) is 44.7 Å². The number of rotatable bonds is 8. The summed E-state index contributed by atoms with van der Waals surface area (Å²) in [7, 11) is 0. The molecule has 4 heterocycles. The fraction of sp³-hybridized carbons (Fsp3) is 0.464. The van der Waals surface area contributed by atoms with Gasteiger partial charge >= 0.3 is 0 Å². The minimum atomic E-state index is 0.268. The summed E-state index contributed by atoms with van der Waals surface area (Å²) in [4.78, 5) is 23.9. The number of hydrogen-bond acceptors (Lipinski definition) is 7. The molecule has 0 aliphatic carbocycles. The first-order valence-corrected chi connectivity index (χ1v) is 13.3. The smallest absolute Gasteiger partial charge is 0.182 e. The lowest BCUT2D eigenvalue weighted by Gasteiger charge is -2.34. The molecule has 6 rings (SSSR count). The van der Waals surface area contributed by atoms with Crippen molar-refractivity contribution in [2.75, 3.05) is 50.8 Å². The van der Waals surface area contributed by atoms with E-state index < -0.39 is 0 Å². The second-order valence-electron chi connectivity index (χ2n) is 9.99. The first kappa shape index (κ1) is 23.2. The van der Waals surface area contributed by atoms with Gasteiger partial charge in [-0.3, -0.25) is 4.90 Å². The Balaban J connectivity index is 1.17. The first-order chi connectivity index (χ1) is 17.8. The third-order valence-corrected chi connectivity index (χ3v) is 7.66. The maximum Gasteiger partial charge on any atom is 0.182 e. The molecule has 0 radical (unpaired) electrons. The number of H-pyrrole nitrogens is 1. The normalized spacial score (nSPS) is 19.5. The van der Waals surface area contributed by atoms with E-state index in [1.807, 2.05) is 0 Å². The summed E-state index contributed by atoms with van der Waals surface area (Å²) in [6.45, 7) is 10.7. The lowest BCUT2D eigenvalue weighted by molar-refractivity contribution is 0.127. The van der Waals surface area contributed by atoms with Gasteiger partial charge in [0.2, 0.25) is 0 Å². The Bertz CT molecular complexity index is 1310. The van der Waals surface area contributed by atoms with Crippen molar-refractivity contribution in [1.29, 1.82) is 0 Å². The van der Waals surface area contributed by atoms with Crippen molar-refractivity contribution in [2.24, 2.45) is 0 Å². The molecule has 2 aromatic carbocycles. The van der Waals surface area contributed by atoms with Crippen LogP contribution < -0.4 is 9.64 Å². The van der Waals surface area contributed by atoms with Gasteiger partial charge in [-0.1, -0.05) is 37.3 Å². The second-order valence-corrected chi connectivity index (χ2v) is 9.99. The maximum absolute atomic E-state index is 6.50. The van der Waals surface area contributed by atoms with Gasteiger partial charge < -0.3 is 19.5 Å². The van der Waals surface area contributed by atoms with Crippen molar-refractivity contribution in [1.82, 2.24) is 29.7 Å². The predicted molar refractivity (Wildman–Crippen MR) is 144 cm³/mol. The Labute approximate surface area is 212 Å². The molecular formula is C28H35N7O. The van der Waals surface area contributed by atoms with E-state index in [9.17, 15) is 0 Å². The van der Waals surface area contributed by atoms with Crippen LogP contribution in [0.1, 0.15) is 31.7 Å². The molecule has 0 saturated carbocycles. The van der Waals surface area contributed by atoms with Gasteiger partial charge in [0.25, 0.3) is 0 Å².